The first kappa shape index (κ1) is 155. The van der Waals surface area contributed by atoms with Crippen LogP contribution in [0.15, 0.2) is 0 Å². The molecule has 0 spiro atoms. The van der Waals surface area contributed by atoms with Crippen molar-refractivity contribution in [3.63, 3.8) is 0 Å². The predicted molar refractivity (Wildman–Crippen MR) is 536 cm³/mol. The van der Waals surface area contributed by atoms with Crippen molar-refractivity contribution in [3.05, 3.63) is 0 Å². The smallest absolute Gasteiger partial charge is 0.311 e. The van der Waals surface area contributed by atoms with Crippen molar-refractivity contribution in [1.29, 1.82) is 0 Å². The number of ether oxygens (including phenoxy) is 20. The maximum absolute atomic E-state index is 11.5. The van der Waals surface area contributed by atoms with Crippen LogP contribution in [-0.2, 0) is 181 Å². The highest BCUT2D eigenvalue weighted by Gasteiger charge is 2.30. The number of rotatable bonds is 60. The molecule has 0 aliphatic carbocycles. The topological polar surface area (TPSA) is 573 Å². The van der Waals surface area contributed by atoms with Crippen molar-refractivity contribution in [1.82, 2.24) is 0 Å². The fourth-order valence-corrected chi connectivity index (χ4v) is 7.83. The molecule has 0 radical (unpaired) electrons. The zero-order chi connectivity index (χ0) is 115. The summed E-state index contributed by atoms with van der Waals surface area (Å²) in [5, 5.41) is 37.2. The van der Waals surface area contributed by atoms with Gasteiger partial charge in [0.05, 0.1) is 138 Å². The summed E-state index contributed by atoms with van der Waals surface area (Å²) in [6.45, 7) is 63.7. The fourth-order valence-electron chi connectivity index (χ4n) is 7.83. The average molecular weight is 2100 g/mol. The Balaban J connectivity index is -0.000000175. The summed E-state index contributed by atoms with van der Waals surface area (Å²) in [6.07, 6.45) is 8.05. The molecule has 0 aromatic rings. The van der Waals surface area contributed by atoms with Gasteiger partial charge in [-0.3, -0.25) is 86.3 Å². The zero-order valence-corrected chi connectivity index (χ0v) is 94.5. The Morgan fingerprint density at radius 2 is 0.497 bits per heavy atom. The van der Waals surface area contributed by atoms with Crippen molar-refractivity contribution >= 4 is 107 Å². The summed E-state index contributed by atoms with van der Waals surface area (Å²) in [5.74, 6) is -6.39. The maximum Gasteiger partial charge on any atom is 0.311 e. The van der Waals surface area contributed by atoms with Gasteiger partial charge in [0.25, 0.3) is 0 Å². The molecule has 0 aliphatic heterocycles. The molecule has 0 bridgehead atoms. The van der Waals surface area contributed by atoms with Crippen molar-refractivity contribution in [2.75, 3.05) is 106 Å². The summed E-state index contributed by atoms with van der Waals surface area (Å²) in [7, 11) is 0. The molecule has 0 fully saturated rings. The molecule has 145 heavy (non-hydrogen) atoms. The summed E-state index contributed by atoms with van der Waals surface area (Å²) in [6, 6.07) is 0. The molecule has 0 heterocycles. The van der Waals surface area contributed by atoms with E-state index < -0.39 is 82.3 Å². The van der Waals surface area contributed by atoms with E-state index in [0.717, 1.165) is 57.8 Å². The van der Waals surface area contributed by atoms with E-state index >= 15 is 0 Å². The molecule has 0 aromatic carbocycles. The number of carbonyl (C=O) groups excluding carboxylic acids is 18. The SMILES string of the molecule is CCC(C)(C)C(=O)OCC(O)COC(C)=O.CCC(C)(C)C(=O)OCCCOC(C)=O.CCC(C)(C)OC(=O)CC(O)COC(C)=O.CCC(C)(C)OC(=O)CCCOC(C)=O.CCC(C)(C)OCCCOC(C)=O.CCC(C)C(=O)OCC(O)COC(C)=O.CCC(C)C(=O)OCCCOC(C)=O.CCC(C)OC(=O)CC(O)COC(C)=O.CCC(C)OC(=O)CCCOC(C)=O.CCC(C)OCCCOC(C)=O. The number of esters is 18. The number of hydrogen-bond acceptors (Lipinski definition) is 42. The van der Waals surface area contributed by atoms with Crippen LogP contribution < -0.4 is 0 Å². The van der Waals surface area contributed by atoms with Crippen LogP contribution in [0.2, 0.25) is 0 Å². The van der Waals surface area contributed by atoms with E-state index in [4.69, 9.17) is 66.3 Å². The van der Waals surface area contributed by atoms with Crippen LogP contribution >= 0.6 is 0 Å². The van der Waals surface area contributed by atoms with Gasteiger partial charge >= 0.3 is 107 Å². The highest BCUT2D eigenvalue weighted by atomic mass is 16.6. The third-order valence-corrected chi connectivity index (χ3v) is 19.6. The first-order valence-corrected chi connectivity index (χ1v) is 49.8. The molecule has 0 aliphatic rings. The minimum absolute atomic E-state index is 0.0313. The molecule has 0 saturated carbocycles. The van der Waals surface area contributed by atoms with E-state index in [1.165, 1.54) is 69.2 Å². The van der Waals surface area contributed by atoms with E-state index in [2.05, 4.69) is 56.1 Å². The number of carbonyl (C=O) groups is 18. The minimum Gasteiger partial charge on any atom is -0.466 e. The van der Waals surface area contributed by atoms with E-state index in [9.17, 15) is 107 Å². The molecule has 0 saturated heterocycles. The van der Waals surface area contributed by atoms with Gasteiger partial charge in [0.1, 0.15) is 63.1 Å². The van der Waals surface area contributed by atoms with Crippen LogP contribution in [0.5, 0.6) is 0 Å². The minimum atomic E-state index is -1.01. The second kappa shape index (κ2) is 96.4. The van der Waals surface area contributed by atoms with E-state index in [0.29, 0.717) is 110 Å². The van der Waals surface area contributed by atoms with Crippen molar-refractivity contribution in [3.8, 4) is 0 Å². The first-order valence-electron chi connectivity index (χ1n) is 49.8. The Morgan fingerprint density at radius 1 is 0.241 bits per heavy atom. The Morgan fingerprint density at radius 3 is 0.814 bits per heavy atom. The molecule has 0 aromatic heterocycles. The van der Waals surface area contributed by atoms with Crippen LogP contribution in [0.4, 0.5) is 0 Å². The summed E-state index contributed by atoms with van der Waals surface area (Å²) in [5.41, 5.74) is -1.98. The molecule has 854 valence electrons. The Labute approximate surface area is 863 Å². The van der Waals surface area contributed by atoms with Crippen LogP contribution in [0.3, 0.4) is 0 Å². The van der Waals surface area contributed by atoms with E-state index in [-0.39, 0.29) is 173 Å². The second-order valence-corrected chi connectivity index (χ2v) is 36.2. The molecular formula is C103H190O42. The van der Waals surface area contributed by atoms with E-state index in [1.54, 1.807) is 41.5 Å². The van der Waals surface area contributed by atoms with Gasteiger partial charge in [-0.1, -0.05) is 83.1 Å². The molecular weight excluding hydrogens is 1910 g/mol. The molecule has 42 heteroatoms. The van der Waals surface area contributed by atoms with Gasteiger partial charge in [0.15, 0.2) is 0 Å². The second-order valence-electron chi connectivity index (χ2n) is 36.2. The van der Waals surface area contributed by atoms with Crippen molar-refractivity contribution in [2.24, 2.45) is 22.7 Å². The Hall–Kier alpha value is -9.78. The zero-order valence-electron chi connectivity index (χ0n) is 94.5. The normalized spacial score (nSPS) is 12.4. The fraction of sp³-hybridized carbons (Fsp3) is 0.825. The van der Waals surface area contributed by atoms with Crippen LogP contribution in [0.25, 0.3) is 0 Å². The van der Waals surface area contributed by atoms with Gasteiger partial charge in [-0.05, 0) is 167 Å². The lowest BCUT2D eigenvalue weighted by atomic mass is 9.91. The molecule has 4 N–H and O–H groups in total. The maximum atomic E-state index is 11.5. The molecule has 9 unspecified atom stereocenters. The lowest BCUT2D eigenvalue weighted by Crippen LogP contribution is -2.31. The van der Waals surface area contributed by atoms with E-state index in [1.807, 2.05) is 104 Å². The van der Waals surface area contributed by atoms with Gasteiger partial charge in [0, 0.05) is 108 Å². The first-order chi connectivity index (χ1) is 67.0. The highest BCUT2D eigenvalue weighted by molar-refractivity contribution is 5.77. The average Bonchev–Trinajstić information content (AvgIpc) is 0.898. The number of aliphatic hydroxyl groups excluding tert-OH is 4. The third-order valence-electron chi connectivity index (χ3n) is 19.6. The monoisotopic (exact) mass is 2100 g/mol. The van der Waals surface area contributed by atoms with Gasteiger partial charge in [-0.2, -0.15) is 0 Å². The van der Waals surface area contributed by atoms with Gasteiger partial charge in [-0.15, -0.1) is 0 Å². The third kappa shape index (κ3) is 123. The predicted octanol–water partition coefficient (Wildman–Crippen LogP) is 14.1. The standard InChI is InChI=1S/2C11H20O5.2C11H20O4.2C10H18O5.2C10H18O4.C10H20O3.C9H18O3/c1-5-11(3,4)10(14)16-7-9(13)6-15-8(2)12;1-5-11(3,4)16-10(14)6-9(13)7-15-8(2)12;1-5-11(3,4)10(13)15-8-6-7-14-9(2)12;1-5-11(3,4)15-10(13)7-6-8-14-9(2)12;1-4-7(2)10(13)15-6-9(12)5-14-8(3)11;1-4-7(2)15-10(13)5-9(12)6-14-8(3)11;1-4-8(2)10(12)14-7-5-6-13-9(3)11;1-4-8(2)14-10(12)6-5-7-13-9(3)11;1-5-10(3,4)13-8-6-7-12-9(2)11;1-4-8(2)11-6-5-7-12-9(3)10/h2*9,13H,5-7H2,1-4H3;2*5-8H2,1-4H3;2*7,9,12H,4-6H2,1-3H3;2*8H,4-7H2,1-3H3;5-8H2,1-4H3;8H,4-7H2,1-3H3. The number of aliphatic hydroxyl groups is 4. The summed E-state index contributed by atoms with van der Waals surface area (Å²) < 4.78 is 97.5. The van der Waals surface area contributed by atoms with Crippen LogP contribution in [0.1, 0.15) is 371 Å². The summed E-state index contributed by atoms with van der Waals surface area (Å²) >= 11 is 0. The molecule has 9 atom stereocenters. The number of hydrogen-bond donors (Lipinski definition) is 4. The van der Waals surface area contributed by atoms with Crippen molar-refractivity contribution < 1.29 is 201 Å². The van der Waals surface area contributed by atoms with Gasteiger partial charge < -0.3 is 115 Å². The van der Waals surface area contributed by atoms with Crippen LogP contribution in [0, 0.1) is 22.7 Å². The van der Waals surface area contributed by atoms with Crippen LogP contribution in [-0.4, -0.2) is 293 Å². The summed E-state index contributed by atoms with van der Waals surface area (Å²) in [4.78, 5) is 194. The van der Waals surface area contributed by atoms with Gasteiger partial charge in [-0.25, -0.2) is 0 Å². The Kier molecular flexibility index (Phi) is 103. The largest absolute Gasteiger partial charge is 0.466 e. The van der Waals surface area contributed by atoms with Crippen molar-refractivity contribution in [2.45, 2.75) is 430 Å². The lowest BCUT2D eigenvalue weighted by molar-refractivity contribution is -0.161. The Bertz CT molecular complexity index is 3470. The molecule has 42 nitrogen and oxygen atoms in total. The molecule has 0 amide bonds. The molecule has 0 rings (SSSR count). The quantitative estimate of drug-likeness (QED) is 0.0250. The highest BCUT2D eigenvalue weighted by Crippen LogP contribution is 2.24. The lowest BCUT2D eigenvalue weighted by Gasteiger charge is -2.23. The van der Waals surface area contributed by atoms with Gasteiger partial charge in [0.2, 0.25) is 0 Å².